The van der Waals surface area contributed by atoms with Crippen molar-refractivity contribution in [2.45, 2.75) is 25.8 Å². The van der Waals surface area contributed by atoms with E-state index in [1.165, 1.54) is 0 Å². The van der Waals surface area contributed by atoms with Crippen molar-refractivity contribution in [2.75, 3.05) is 6.54 Å². The van der Waals surface area contributed by atoms with Gasteiger partial charge in [0.15, 0.2) is 0 Å². The molecule has 0 bridgehead atoms. The number of terminal acetylenes is 1. The summed E-state index contributed by atoms with van der Waals surface area (Å²) in [6.45, 7) is 1.69. The Bertz CT molecular complexity index is 379. The third-order valence-corrected chi connectivity index (χ3v) is 3.10. The van der Waals surface area contributed by atoms with Gasteiger partial charge < -0.3 is 10.4 Å². The zero-order chi connectivity index (χ0) is 11.8. The average Bonchev–Trinajstić information content (AvgIpc) is 2.64. The lowest BCUT2D eigenvalue weighted by Crippen LogP contribution is -2.13. The molecule has 86 valence electrons. The number of carboxylic acids is 1. The Balaban J connectivity index is 2.24. The normalized spacial score (nSPS) is 9.94. The summed E-state index contributed by atoms with van der Waals surface area (Å²) in [7, 11) is 0. The van der Waals surface area contributed by atoms with Crippen LogP contribution >= 0.6 is 11.3 Å². The van der Waals surface area contributed by atoms with E-state index in [2.05, 4.69) is 11.2 Å². The van der Waals surface area contributed by atoms with Gasteiger partial charge in [-0.2, -0.15) is 0 Å². The summed E-state index contributed by atoms with van der Waals surface area (Å²) in [6, 6.07) is 3.84. The summed E-state index contributed by atoms with van der Waals surface area (Å²) in [5.41, 5.74) is 0. The van der Waals surface area contributed by atoms with E-state index < -0.39 is 5.97 Å². The number of carboxylic acid groups (broad SMARTS) is 1. The first-order chi connectivity index (χ1) is 7.72. The first-order valence-corrected chi connectivity index (χ1v) is 5.97. The molecule has 0 aliphatic rings. The zero-order valence-corrected chi connectivity index (χ0v) is 9.85. The predicted octanol–water partition coefficient (Wildman–Crippen LogP) is 1.88. The third-order valence-electron chi connectivity index (χ3n) is 2.02. The van der Waals surface area contributed by atoms with Crippen molar-refractivity contribution >= 4 is 17.3 Å². The van der Waals surface area contributed by atoms with E-state index in [1.807, 2.05) is 12.1 Å². The molecule has 16 heavy (non-hydrogen) atoms. The van der Waals surface area contributed by atoms with Crippen LogP contribution in [0.15, 0.2) is 12.1 Å². The van der Waals surface area contributed by atoms with Gasteiger partial charge in [-0.15, -0.1) is 23.7 Å². The van der Waals surface area contributed by atoms with E-state index in [0.29, 0.717) is 0 Å². The van der Waals surface area contributed by atoms with Crippen molar-refractivity contribution in [2.24, 2.45) is 0 Å². The van der Waals surface area contributed by atoms with Gasteiger partial charge in [-0.1, -0.05) is 0 Å². The van der Waals surface area contributed by atoms with Gasteiger partial charge in [-0.05, 0) is 25.1 Å². The van der Waals surface area contributed by atoms with Crippen molar-refractivity contribution in [3.8, 4) is 12.3 Å². The molecule has 0 atom stereocenters. The second-order valence-electron chi connectivity index (χ2n) is 3.42. The average molecular weight is 237 g/mol. The van der Waals surface area contributed by atoms with E-state index in [9.17, 15) is 4.79 Å². The molecule has 0 saturated heterocycles. The Morgan fingerprint density at radius 2 is 2.25 bits per heavy atom. The first kappa shape index (κ1) is 12.8. The van der Waals surface area contributed by atoms with Gasteiger partial charge in [-0.25, -0.2) is 0 Å². The molecule has 0 amide bonds. The highest BCUT2D eigenvalue weighted by atomic mass is 32.1. The van der Waals surface area contributed by atoms with Crippen LogP contribution in [0, 0.1) is 12.3 Å². The monoisotopic (exact) mass is 237 g/mol. The molecule has 0 spiro atoms. The number of aliphatic carboxylic acids is 1. The molecule has 1 rings (SSSR count). The van der Waals surface area contributed by atoms with Crippen molar-refractivity contribution in [3.63, 3.8) is 0 Å². The number of unbranched alkanes of at least 4 members (excludes halogenated alkanes) is 1. The third kappa shape index (κ3) is 4.96. The number of hydrogen-bond donors (Lipinski definition) is 2. The predicted molar refractivity (Wildman–Crippen MR) is 65.4 cm³/mol. The fourth-order valence-electron chi connectivity index (χ4n) is 1.29. The van der Waals surface area contributed by atoms with Crippen LogP contribution in [0.2, 0.25) is 0 Å². The summed E-state index contributed by atoms with van der Waals surface area (Å²) in [5, 5.41) is 11.9. The topological polar surface area (TPSA) is 49.3 Å². The van der Waals surface area contributed by atoms with E-state index in [0.717, 1.165) is 35.7 Å². The lowest BCUT2D eigenvalue weighted by molar-refractivity contribution is -0.136. The maximum atomic E-state index is 10.5. The fourth-order valence-corrected chi connectivity index (χ4v) is 2.27. The Morgan fingerprint density at radius 1 is 1.50 bits per heavy atom. The van der Waals surface area contributed by atoms with Gasteiger partial charge in [0.1, 0.15) is 0 Å². The molecule has 0 unspecified atom stereocenters. The zero-order valence-electron chi connectivity index (χ0n) is 9.03. The van der Waals surface area contributed by atoms with E-state index in [1.54, 1.807) is 11.3 Å². The van der Waals surface area contributed by atoms with Crippen molar-refractivity contribution < 1.29 is 9.90 Å². The SMILES string of the molecule is C#CCCCNCc1ccc(CC(=O)O)s1. The Hall–Kier alpha value is -1.31. The summed E-state index contributed by atoms with van der Waals surface area (Å²) < 4.78 is 0. The Labute approximate surface area is 99.5 Å². The molecule has 0 aliphatic heterocycles. The Morgan fingerprint density at radius 3 is 2.94 bits per heavy atom. The fraction of sp³-hybridized carbons (Fsp3) is 0.417. The van der Waals surface area contributed by atoms with Gasteiger partial charge in [0.2, 0.25) is 0 Å². The van der Waals surface area contributed by atoms with Crippen molar-refractivity contribution in [1.82, 2.24) is 5.32 Å². The van der Waals surface area contributed by atoms with Crippen LogP contribution in [-0.4, -0.2) is 17.6 Å². The molecule has 4 heteroatoms. The molecule has 1 heterocycles. The lowest BCUT2D eigenvalue weighted by Gasteiger charge is -2.00. The molecule has 3 nitrogen and oxygen atoms in total. The smallest absolute Gasteiger partial charge is 0.308 e. The molecule has 1 aromatic heterocycles. The molecular formula is C12H15NO2S. The second-order valence-corrected chi connectivity index (χ2v) is 4.68. The number of rotatable bonds is 7. The van der Waals surface area contributed by atoms with Crippen LogP contribution < -0.4 is 5.32 Å². The lowest BCUT2D eigenvalue weighted by atomic mass is 10.3. The number of hydrogen-bond acceptors (Lipinski definition) is 3. The second kappa shape index (κ2) is 7.04. The summed E-state index contributed by atoms with van der Waals surface area (Å²) >= 11 is 1.54. The van der Waals surface area contributed by atoms with Crippen LogP contribution in [0.3, 0.4) is 0 Å². The molecule has 0 radical (unpaired) electrons. The maximum Gasteiger partial charge on any atom is 0.308 e. The molecule has 0 saturated carbocycles. The minimum absolute atomic E-state index is 0.113. The summed E-state index contributed by atoms with van der Waals surface area (Å²) in [6.07, 6.45) is 7.02. The van der Waals surface area contributed by atoms with Gasteiger partial charge >= 0.3 is 5.97 Å². The van der Waals surface area contributed by atoms with E-state index in [4.69, 9.17) is 11.5 Å². The van der Waals surface area contributed by atoms with Crippen LogP contribution in [0.4, 0.5) is 0 Å². The van der Waals surface area contributed by atoms with E-state index >= 15 is 0 Å². The van der Waals surface area contributed by atoms with Crippen molar-refractivity contribution in [1.29, 1.82) is 0 Å². The molecule has 0 aromatic carbocycles. The first-order valence-electron chi connectivity index (χ1n) is 5.16. The van der Waals surface area contributed by atoms with Gasteiger partial charge in [0.25, 0.3) is 0 Å². The standard InChI is InChI=1S/C12H15NO2S/c1-2-3-4-7-13-9-11-6-5-10(16-11)8-12(14)15/h1,5-6,13H,3-4,7-9H2,(H,14,15). The largest absolute Gasteiger partial charge is 0.481 e. The summed E-state index contributed by atoms with van der Waals surface area (Å²) in [5.74, 6) is 1.81. The number of carbonyl (C=O) groups is 1. The molecule has 0 fully saturated rings. The minimum Gasteiger partial charge on any atom is -0.481 e. The molecule has 0 aliphatic carbocycles. The number of nitrogens with one attached hydrogen (secondary N) is 1. The van der Waals surface area contributed by atoms with Gasteiger partial charge in [-0.3, -0.25) is 4.79 Å². The highest BCUT2D eigenvalue weighted by Gasteiger charge is 2.03. The molecule has 2 N–H and O–H groups in total. The van der Waals surface area contributed by atoms with Gasteiger partial charge in [0.05, 0.1) is 6.42 Å². The van der Waals surface area contributed by atoms with Crippen LogP contribution in [-0.2, 0) is 17.8 Å². The molecular weight excluding hydrogens is 222 g/mol. The maximum absolute atomic E-state index is 10.5. The highest BCUT2D eigenvalue weighted by Crippen LogP contribution is 2.16. The summed E-state index contributed by atoms with van der Waals surface area (Å²) in [4.78, 5) is 12.5. The van der Waals surface area contributed by atoms with Crippen LogP contribution in [0.1, 0.15) is 22.6 Å². The van der Waals surface area contributed by atoms with Crippen LogP contribution in [0.5, 0.6) is 0 Å². The Kier molecular flexibility index (Phi) is 5.62. The molecule has 1 aromatic rings. The van der Waals surface area contributed by atoms with E-state index in [-0.39, 0.29) is 6.42 Å². The highest BCUT2D eigenvalue weighted by molar-refractivity contribution is 7.12. The van der Waals surface area contributed by atoms with Crippen LogP contribution in [0.25, 0.3) is 0 Å². The van der Waals surface area contributed by atoms with Gasteiger partial charge in [0, 0.05) is 22.7 Å². The number of thiophene rings is 1. The van der Waals surface area contributed by atoms with Crippen molar-refractivity contribution in [3.05, 3.63) is 21.9 Å². The quantitative estimate of drug-likeness (QED) is 0.562. The minimum atomic E-state index is -0.782.